The molecule has 0 aromatic carbocycles. The van der Waals surface area contributed by atoms with E-state index < -0.39 is 5.97 Å². The maximum atomic E-state index is 10.4. The maximum Gasteiger partial charge on any atom is 0.303 e. The van der Waals surface area contributed by atoms with Crippen molar-refractivity contribution in [3.05, 3.63) is 36.4 Å². The SMILES string of the molecule is O=C(O)CCCCCCC/C=C\CCCCCCCCc1ncccn1. The predicted molar refractivity (Wildman–Crippen MR) is 107 cm³/mol. The molecule has 1 aromatic heterocycles. The summed E-state index contributed by atoms with van der Waals surface area (Å²) in [6.07, 6.45) is 25.2. The fourth-order valence-electron chi connectivity index (χ4n) is 3.02. The number of allylic oxidation sites excluding steroid dienone is 2. The highest BCUT2D eigenvalue weighted by Crippen LogP contribution is 2.10. The van der Waals surface area contributed by atoms with Gasteiger partial charge in [0.25, 0.3) is 0 Å². The first-order valence-corrected chi connectivity index (χ1v) is 10.4. The van der Waals surface area contributed by atoms with Gasteiger partial charge >= 0.3 is 5.97 Å². The Morgan fingerprint density at radius 2 is 1.27 bits per heavy atom. The van der Waals surface area contributed by atoms with Gasteiger partial charge < -0.3 is 5.11 Å². The molecule has 0 aliphatic rings. The van der Waals surface area contributed by atoms with Gasteiger partial charge in [0, 0.05) is 25.2 Å². The number of nitrogens with zero attached hydrogens (tertiary/aromatic N) is 2. The van der Waals surface area contributed by atoms with Crippen molar-refractivity contribution in [1.29, 1.82) is 0 Å². The third-order valence-corrected chi connectivity index (χ3v) is 4.57. The van der Waals surface area contributed by atoms with Gasteiger partial charge in [-0.2, -0.15) is 0 Å². The first-order chi connectivity index (χ1) is 12.8. The second-order valence-electron chi connectivity index (χ2n) is 7.00. The number of aliphatic carboxylic acids is 1. The fourth-order valence-corrected chi connectivity index (χ4v) is 3.02. The van der Waals surface area contributed by atoms with Gasteiger partial charge in [-0.1, -0.05) is 57.1 Å². The zero-order valence-corrected chi connectivity index (χ0v) is 16.2. The summed E-state index contributed by atoms with van der Waals surface area (Å²) in [5, 5.41) is 8.56. The molecule has 146 valence electrons. The van der Waals surface area contributed by atoms with Crippen LogP contribution in [-0.4, -0.2) is 21.0 Å². The number of hydrogen-bond donors (Lipinski definition) is 1. The fraction of sp³-hybridized carbons (Fsp3) is 0.682. The van der Waals surface area contributed by atoms with Crippen molar-refractivity contribution < 1.29 is 9.90 Å². The lowest BCUT2D eigenvalue weighted by atomic mass is 10.1. The number of unbranched alkanes of at least 4 members (excludes halogenated alkanes) is 11. The average molecular weight is 361 g/mol. The molecule has 0 radical (unpaired) electrons. The largest absolute Gasteiger partial charge is 0.481 e. The lowest BCUT2D eigenvalue weighted by molar-refractivity contribution is -0.137. The summed E-state index contributed by atoms with van der Waals surface area (Å²) in [5.74, 6) is 0.299. The molecule has 0 amide bonds. The highest BCUT2D eigenvalue weighted by molar-refractivity contribution is 5.66. The number of carboxylic acid groups (broad SMARTS) is 1. The summed E-state index contributed by atoms with van der Waals surface area (Å²) < 4.78 is 0. The van der Waals surface area contributed by atoms with E-state index in [-0.39, 0.29) is 0 Å². The molecule has 4 heteroatoms. The van der Waals surface area contributed by atoms with E-state index in [2.05, 4.69) is 22.1 Å². The molecule has 1 heterocycles. The maximum absolute atomic E-state index is 10.4. The minimum Gasteiger partial charge on any atom is -0.481 e. The summed E-state index contributed by atoms with van der Waals surface area (Å²) >= 11 is 0. The topological polar surface area (TPSA) is 63.1 Å². The van der Waals surface area contributed by atoms with Crippen LogP contribution in [0.25, 0.3) is 0 Å². The molecule has 4 nitrogen and oxygen atoms in total. The molecule has 0 saturated carbocycles. The molecule has 0 aliphatic carbocycles. The van der Waals surface area contributed by atoms with Crippen LogP contribution in [0, 0.1) is 0 Å². The molecule has 0 bridgehead atoms. The number of aryl methyl sites for hydroxylation is 1. The summed E-state index contributed by atoms with van der Waals surface area (Å²) in [7, 11) is 0. The lowest BCUT2D eigenvalue weighted by Gasteiger charge is -2.01. The molecule has 0 spiro atoms. The number of carboxylic acids is 1. The minimum absolute atomic E-state index is 0.321. The van der Waals surface area contributed by atoms with Gasteiger partial charge in [0.2, 0.25) is 0 Å². The molecule has 0 fully saturated rings. The van der Waals surface area contributed by atoms with Gasteiger partial charge in [-0.3, -0.25) is 4.79 Å². The average Bonchev–Trinajstić information content (AvgIpc) is 2.65. The van der Waals surface area contributed by atoms with Crippen LogP contribution in [0.1, 0.15) is 95.7 Å². The van der Waals surface area contributed by atoms with Gasteiger partial charge in [-0.05, 0) is 44.6 Å². The van der Waals surface area contributed by atoms with E-state index in [1.54, 1.807) is 0 Å². The van der Waals surface area contributed by atoms with E-state index in [9.17, 15) is 4.79 Å². The van der Waals surface area contributed by atoms with Gasteiger partial charge in [0.1, 0.15) is 5.82 Å². The van der Waals surface area contributed by atoms with Crippen molar-refractivity contribution in [1.82, 2.24) is 9.97 Å². The quantitative estimate of drug-likeness (QED) is 0.268. The molecular weight excluding hydrogens is 324 g/mol. The Bertz CT molecular complexity index is 474. The molecule has 1 rings (SSSR count). The van der Waals surface area contributed by atoms with Crippen LogP contribution in [0.2, 0.25) is 0 Å². The number of aromatic nitrogens is 2. The summed E-state index contributed by atoms with van der Waals surface area (Å²) in [6.45, 7) is 0. The van der Waals surface area contributed by atoms with Crippen molar-refractivity contribution >= 4 is 5.97 Å². The van der Waals surface area contributed by atoms with Crippen molar-refractivity contribution in [2.75, 3.05) is 0 Å². The van der Waals surface area contributed by atoms with Gasteiger partial charge in [-0.25, -0.2) is 9.97 Å². The van der Waals surface area contributed by atoms with Crippen LogP contribution in [-0.2, 0) is 11.2 Å². The number of carbonyl (C=O) groups is 1. The van der Waals surface area contributed by atoms with E-state index in [1.807, 2.05) is 18.5 Å². The standard InChI is InChI=1S/C22H36N2O2/c25-22(26)18-15-13-11-9-7-5-3-1-2-4-6-8-10-12-14-17-21-23-19-16-20-24-21/h1,3,16,19-20H,2,4-15,17-18H2,(H,25,26)/b3-1-. The van der Waals surface area contributed by atoms with E-state index in [0.29, 0.717) is 6.42 Å². The van der Waals surface area contributed by atoms with Crippen LogP contribution >= 0.6 is 0 Å². The number of rotatable bonds is 17. The van der Waals surface area contributed by atoms with Crippen LogP contribution in [0.4, 0.5) is 0 Å². The Hall–Kier alpha value is -1.71. The first-order valence-electron chi connectivity index (χ1n) is 10.4. The molecule has 0 saturated heterocycles. The van der Waals surface area contributed by atoms with Crippen molar-refractivity contribution in [2.24, 2.45) is 0 Å². The van der Waals surface area contributed by atoms with E-state index in [4.69, 9.17) is 5.11 Å². The minimum atomic E-state index is -0.672. The smallest absolute Gasteiger partial charge is 0.303 e. The number of hydrogen-bond acceptors (Lipinski definition) is 3. The third-order valence-electron chi connectivity index (χ3n) is 4.57. The van der Waals surface area contributed by atoms with E-state index in [0.717, 1.165) is 31.5 Å². The highest BCUT2D eigenvalue weighted by Gasteiger charge is 1.96. The summed E-state index contributed by atoms with van der Waals surface area (Å²) in [6, 6.07) is 1.86. The highest BCUT2D eigenvalue weighted by atomic mass is 16.4. The Kier molecular flexibility index (Phi) is 14.4. The molecule has 1 N–H and O–H groups in total. The third kappa shape index (κ3) is 14.6. The van der Waals surface area contributed by atoms with Gasteiger partial charge in [0.05, 0.1) is 0 Å². The van der Waals surface area contributed by atoms with Crippen LogP contribution in [0.15, 0.2) is 30.6 Å². The van der Waals surface area contributed by atoms with Crippen molar-refractivity contribution in [3.8, 4) is 0 Å². The van der Waals surface area contributed by atoms with Crippen LogP contribution < -0.4 is 0 Å². The molecule has 0 aliphatic heterocycles. The second kappa shape index (κ2) is 16.7. The molecule has 1 aromatic rings. The molecule has 0 atom stereocenters. The van der Waals surface area contributed by atoms with Gasteiger partial charge in [-0.15, -0.1) is 0 Å². The normalized spacial score (nSPS) is 11.2. The Morgan fingerprint density at radius 3 is 1.85 bits per heavy atom. The van der Waals surface area contributed by atoms with Gasteiger partial charge in [0.15, 0.2) is 0 Å². The van der Waals surface area contributed by atoms with Crippen molar-refractivity contribution in [3.63, 3.8) is 0 Å². The van der Waals surface area contributed by atoms with E-state index >= 15 is 0 Å². The van der Waals surface area contributed by atoms with Crippen molar-refractivity contribution in [2.45, 2.75) is 96.3 Å². The summed E-state index contributed by atoms with van der Waals surface area (Å²) in [4.78, 5) is 18.9. The second-order valence-corrected chi connectivity index (χ2v) is 7.00. The zero-order chi connectivity index (χ0) is 18.7. The summed E-state index contributed by atoms with van der Waals surface area (Å²) in [5.41, 5.74) is 0. The Labute approximate surface area is 159 Å². The molecule has 0 unspecified atom stereocenters. The Balaban J connectivity index is 1.76. The van der Waals surface area contributed by atoms with E-state index in [1.165, 1.54) is 64.2 Å². The predicted octanol–water partition coefficient (Wildman–Crippen LogP) is 6.12. The monoisotopic (exact) mass is 360 g/mol. The zero-order valence-electron chi connectivity index (χ0n) is 16.2. The van der Waals surface area contributed by atoms with Crippen LogP contribution in [0.3, 0.4) is 0 Å². The first kappa shape index (κ1) is 22.3. The Morgan fingerprint density at radius 1 is 0.769 bits per heavy atom. The van der Waals surface area contributed by atoms with Crippen LogP contribution in [0.5, 0.6) is 0 Å². The lowest BCUT2D eigenvalue weighted by Crippen LogP contribution is -1.93. The molecule has 26 heavy (non-hydrogen) atoms. The molecular formula is C22H36N2O2.